The van der Waals surface area contributed by atoms with Crippen LogP contribution in [0.15, 0.2) is 34.1 Å². The van der Waals surface area contributed by atoms with Gasteiger partial charge < -0.3 is 9.47 Å². The molecule has 0 fully saturated rings. The van der Waals surface area contributed by atoms with E-state index in [2.05, 4.69) is 15.9 Å². The van der Waals surface area contributed by atoms with E-state index in [1.807, 2.05) is 29.6 Å². The zero-order chi connectivity index (χ0) is 13.8. The molecule has 1 aromatic carbocycles. The summed E-state index contributed by atoms with van der Waals surface area (Å²) in [6.45, 7) is 0. The van der Waals surface area contributed by atoms with Gasteiger partial charge in [0.1, 0.15) is 0 Å². The number of hydrogen-bond donors (Lipinski definition) is 0. The number of carbonyl (C=O) groups is 1. The molecule has 19 heavy (non-hydrogen) atoms. The third-order valence-electron chi connectivity index (χ3n) is 2.68. The number of rotatable bonds is 5. The molecule has 0 amide bonds. The minimum Gasteiger partial charge on any atom is -0.493 e. The molecule has 5 heteroatoms. The molecule has 0 spiro atoms. The molecule has 100 valence electrons. The molecule has 0 aliphatic rings. The molecule has 2 rings (SSSR count). The molecule has 1 heterocycles. The first-order valence-corrected chi connectivity index (χ1v) is 7.30. The van der Waals surface area contributed by atoms with E-state index < -0.39 is 0 Å². The Bertz CT molecular complexity index is 592. The van der Waals surface area contributed by atoms with Crippen molar-refractivity contribution < 1.29 is 14.3 Å². The number of carbonyl (C=O) groups excluding carboxylic acids is 1. The van der Waals surface area contributed by atoms with Gasteiger partial charge in [-0.1, -0.05) is 6.07 Å². The van der Waals surface area contributed by atoms with Gasteiger partial charge in [-0.3, -0.25) is 4.79 Å². The van der Waals surface area contributed by atoms with Gasteiger partial charge in [-0.15, -0.1) is 11.3 Å². The highest BCUT2D eigenvalue weighted by atomic mass is 79.9. The summed E-state index contributed by atoms with van der Waals surface area (Å²) in [5.74, 6) is 1.39. The van der Waals surface area contributed by atoms with E-state index in [1.54, 1.807) is 14.2 Å². The predicted molar refractivity (Wildman–Crippen MR) is 79.6 cm³/mol. The Kier molecular flexibility index (Phi) is 4.61. The van der Waals surface area contributed by atoms with Crippen molar-refractivity contribution in [1.82, 2.24) is 0 Å². The van der Waals surface area contributed by atoms with Crippen LogP contribution in [0, 0.1) is 0 Å². The predicted octanol–water partition coefficient (Wildman–Crippen LogP) is 3.95. The normalized spacial score (nSPS) is 10.3. The average Bonchev–Trinajstić information content (AvgIpc) is 2.85. The van der Waals surface area contributed by atoms with Crippen LogP contribution in [0.2, 0.25) is 0 Å². The van der Waals surface area contributed by atoms with E-state index in [1.165, 1.54) is 11.3 Å². The molecule has 0 saturated heterocycles. The van der Waals surface area contributed by atoms with Gasteiger partial charge in [0.15, 0.2) is 17.3 Å². The number of halogens is 1. The van der Waals surface area contributed by atoms with Gasteiger partial charge in [0.05, 0.1) is 19.1 Å². The van der Waals surface area contributed by atoms with E-state index in [0.29, 0.717) is 17.9 Å². The zero-order valence-electron chi connectivity index (χ0n) is 10.6. The molecule has 0 aliphatic carbocycles. The lowest BCUT2D eigenvalue weighted by Gasteiger charge is -2.09. The van der Waals surface area contributed by atoms with Crippen LogP contribution in [-0.2, 0) is 6.42 Å². The van der Waals surface area contributed by atoms with Crippen molar-refractivity contribution >= 4 is 33.0 Å². The maximum Gasteiger partial charge on any atom is 0.178 e. The summed E-state index contributed by atoms with van der Waals surface area (Å²) in [4.78, 5) is 12.9. The second kappa shape index (κ2) is 6.21. The third-order valence-corrected chi connectivity index (χ3v) is 4.56. The SMILES string of the molecule is COc1ccc(CC(=O)c2sccc2Br)cc1OC. The highest BCUT2D eigenvalue weighted by Gasteiger charge is 2.13. The van der Waals surface area contributed by atoms with Crippen LogP contribution < -0.4 is 9.47 Å². The first kappa shape index (κ1) is 14.1. The quantitative estimate of drug-likeness (QED) is 0.773. The van der Waals surface area contributed by atoms with E-state index in [9.17, 15) is 4.79 Å². The second-order valence-corrected chi connectivity index (χ2v) is 5.66. The summed E-state index contributed by atoms with van der Waals surface area (Å²) < 4.78 is 11.3. The lowest BCUT2D eigenvalue weighted by molar-refractivity contribution is 0.0996. The Morgan fingerprint density at radius 2 is 1.95 bits per heavy atom. The Morgan fingerprint density at radius 1 is 1.21 bits per heavy atom. The minimum absolute atomic E-state index is 0.0918. The number of benzene rings is 1. The van der Waals surface area contributed by atoms with Crippen LogP contribution >= 0.6 is 27.3 Å². The topological polar surface area (TPSA) is 35.5 Å². The molecule has 0 N–H and O–H groups in total. The van der Waals surface area contributed by atoms with Crippen molar-refractivity contribution in [2.45, 2.75) is 6.42 Å². The molecule has 0 atom stereocenters. The van der Waals surface area contributed by atoms with Crippen LogP contribution in [0.1, 0.15) is 15.2 Å². The van der Waals surface area contributed by atoms with Gasteiger partial charge in [0.2, 0.25) is 0 Å². The summed E-state index contributed by atoms with van der Waals surface area (Å²) in [5.41, 5.74) is 0.906. The number of ether oxygens (including phenoxy) is 2. The molecule has 3 nitrogen and oxygen atoms in total. The zero-order valence-corrected chi connectivity index (χ0v) is 13.0. The first-order chi connectivity index (χ1) is 9.15. The van der Waals surface area contributed by atoms with Crippen LogP contribution in [0.4, 0.5) is 0 Å². The lowest BCUT2D eigenvalue weighted by atomic mass is 10.1. The van der Waals surface area contributed by atoms with Crippen molar-refractivity contribution in [2.75, 3.05) is 14.2 Å². The van der Waals surface area contributed by atoms with Crippen molar-refractivity contribution in [2.24, 2.45) is 0 Å². The lowest BCUT2D eigenvalue weighted by Crippen LogP contribution is -2.02. The molecule has 2 aromatic rings. The van der Waals surface area contributed by atoms with Crippen molar-refractivity contribution in [3.05, 3.63) is 44.6 Å². The molecular formula is C14H13BrO3S. The summed E-state index contributed by atoms with van der Waals surface area (Å²) >= 11 is 4.82. The maximum atomic E-state index is 12.2. The molecular weight excluding hydrogens is 328 g/mol. The number of methoxy groups -OCH3 is 2. The van der Waals surface area contributed by atoms with Crippen LogP contribution in [-0.4, -0.2) is 20.0 Å². The van der Waals surface area contributed by atoms with Crippen molar-refractivity contribution in [1.29, 1.82) is 0 Å². The molecule has 0 unspecified atom stereocenters. The minimum atomic E-state index is 0.0918. The van der Waals surface area contributed by atoms with Gasteiger partial charge in [0.25, 0.3) is 0 Å². The standard InChI is InChI=1S/C14H13BrO3S/c1-17-12-4-3-9(8-13(12)18-2)7-11(16)14-10(15)5-6-19-14/h3-6,8H,7H2,1-2H3. The Hall–Kier alpha value is -1.33. The third kappa shape index (κ3) is 3.16. The van der Waals surface area contributed by atoms with Crippen molar-refractivity contribution in [3.8, 4) is 11.5 Å². The number of Topliss-reactive ketones (excluding diaryl/α,β-unsaturated/α-hetero) is 1. The van der Waals surface area contributed by atoms with Crippen LogP contribution in [0.3, 0.4) is 0 Å². The second-order valence-electron chi connectivity index (χ2n) is 3.89. The maximum absolute atomic E-state index is 12.2. The fourth-order valence-corrected chi connectivity index (χ4v) is 3.28. The number of ketones is 1. The van der Waals surface area contributed by atoms with Gasteiger partial charge in [-0.05, 0) is 45.1 Å². The molecule has 0 aliphatic heterocycles. The molecule has 1 aromatic heterocycles. The van der Waals surface area contributed by atoms with E-state index in [4.69, 9.17) is 9.47 Å². The van der Waals surface area contributed by atoms with E-state index in [0.717, 1.165) is 14.9 Å². The van der Waals surface area contributed by atoms with Gasteiger partial charge in [0, 0.05) is 10.9 Å². The smallest absolute Gasteiger partial charge is 0.178 e. The van der Waals surface area contributed by atoms with Gasteiger partial charge >= 0.3 is 0 Å². The summed E-state index contributed by atoms with van der Waals surface area (Å²) in [5, 5.41) is 1.89. The monoisotopic (exact) mass is 340 g/mol. The van der Waals surface area contributed by atoms with Crippen LogP contribution in [0.5, 0.6) is 11.5 Å². The van der Waals surface area contributed by atoms with Crippen LogP contribution in [0.25, 0.3) is 0 Å². The fourth-order valence-electron chi connectivity index (χ4n) is 1.75. The van der Waals surface area contributed by atoms with E-state index >= 15 is 0 Å². The van der Waals surface area contributed by atoms with Gasteiger partial charge in [-0.25, -0.2) is 0 Å². The summed E-state index contributed by atoms with van der Waals surface area (Å²) in [7, 11) is 3.17. The largest absolute Gasteiger partial charge is 0.493 e. The highest BCUT2D eigenvalue weighted by Crippen LogP contribution is 2.29. The van der Waals surface area contributed by atoms with Crippen molar-refractivity contribution in [3.63, 3.8) is 0 Å². The Labute approximate surface area is 124 Å². The summed E-state index contributed by atoms with van der Waals surface area (Å²) in [6, 6.07) is 7.40. The van der Waals surface area contributed by atoms with E-state index in [-0.39, 0.29) is 5.78 Å². The fraction of sp³-hybridized carbons (Fsp3) is 0.214. The number of hydrogen-bond acceptors (Lipinski definition) is 4. The summed E-state index contributed by atoms with van der Waals surface area (Å²) in [6.07, 6.45) is 0.347. The molecule has 0 bridgehead atoms. The molecule has 0 radical (unpaired) electrons. The first-order valence-electron chi connectivity index (χ1n) is 5.62. The highest BCUT2D eigenvalue weighted by molar-refractivity contribution is 9.10. The Balaban J connectivity index is 2.20. The molecule has 0 saturated carbocycles. The average molecular weight is 341 g/mol. The Morgan fingerprint density at radius 3 is 2.53 bits per heavy atom. The number of thiophene rings is 1. The van der Waals surface area contributed by atoms with Gasteiger partial charge in [-0.2, -0.15) is 0 Å².